The molecule has 0 fully saturated rings. The van der Waals surface area contributed by atoms with Crippen LogP contribution in [0.4, 0.5) is 0 Å². The molecule has 29 heavy (non-hydrogen) atoms. The first-order chi connectivity index (χ1) is 14.0. The zero-order chi connectivity index (χ0) is 20.8. The molecule has 0 saturated heterocycles. The van der Waals surface area contributed by atoms with Gasteiger partial charge in [0.25, 0.3) is 5.91 Å². The van der Waals surface area contributed by atoms with E-state index in [1.165, 1.54) is 0 Å². The van der Waals surface area contributed by atoms with Gasteiger partial charge in [-0.1, -0.05) is 13.8 Å². The summed E-state index contributed by atoms with van der Waals surface area (Å²) in [7, 11) is 1.58. The highest BCUT2D eigenvalue weighted by atomic mass is 16.5. The Labute approximate surface area is 172 Å². The van der Waals surface area contributed by atoms with E-state index in [-0.39, 0.29) is 5.91 Å². The van der Waals surface area contributed by atoms with Crippen LogP contribution in [-0.4, -0.2) is 42.6 Å². The summed E-state index contributed by atoms with van der Waals surface area (Å²) in [6.07, 6.45) is 3.30. The van der Waals surface area contributed by atoms with Crippen molar-refractivity contribution in [2.75, 3.05) is 26.8 Å². The second-order valence-corrected chi connectivity index (χ2v) is 7.74. The Hall–Kier alpha value is -2.54. The summed E-state index contributed by atoms with van der Waals surface area (Å²) >= 11 is 0. The van der Waals surface area contributed by atoms with E-state index in [1.807, 2.05) is 4.90 Å². The van der Waals surface area contributed by atoms with Crippen molar-refractivity contribution < 1.29 is 18.7 Å². The first kappa shape index (κ1) is 21.2. The molecular weight excluding hydrogens is 370 g/mol. The van der Waals surface area contributed by atoms with Crippen LogP contribution in [0.15, 0.2) is 22.6 Å². The van der Waals surface area contributed by atoms with Crippen LogP contribution in [0.5, 0.6) is 11.5 Å². The smallest absolute Gasteiger partial charge is 0.254 e. The van der Waals surface area contributed by atoms with Gasteiger partial charge < -0.3 is 24.5 Å². The number of aromatic nitrogens is 1. The lowest BCUT2D eigenvalue weighted by Crippen LogP contribution is -2.35. The van der Waals surface area contributed by atoms with Gasteiger partial charge in [0.05, 0.1) is 20.3 Å². The largest absolute Gasteiger partial charge is 0.493 e. The highest BCUT2D eigenvalue weighted by Crippen LogP contribution is 2.30. The van der Waals surface area contributed by atoms with Gasteiger partial charge in [-0.15, -0.1) is 0 Å². The summed E-state index contributed by atoms with van der Waals surface area (Å²) < 4.78 is 17.0. The maximum atomic E-state index is 13.1. The standard InChI is InChI=1S/C22H31N3O4/c1-15(2)5-8-21-24-17-14-25(11-9-18(17)29-21)22(26)16-6-7-19(27-3)20(13-16)28-12-4-10-23/h6-7,13,15H,4-5,8-12,14,23H2,1-3H3. The lowest BCUT2D eigenvalue weighted by Gasteiger charge is -2.25. The second-order valence-electron chi connectivity index (χ2n) is 7.74. The molecule has 3 rings (SSSR count). The number of methoxy groups -OCH3 is 1. The number of benzene rings is 1. The third-order valence-corrected chi connectivity index (χ3v) is 5.01. The number of hydrogen-bond donors (Lipinski definition) is 1. The van der Waals surface area contributed by atoms with E-state index >= 15 is 0 Å². The van der Waals surface area contributed by atoms with Gasteiger partial charge in [-0.25, -0.2) is 4.98 Å². The minimum atomic E-state index is -0.0475. The predicted octanol–water partition coefficient (Wildman–Crippen LogP) is 3.20. The molecule has 1 aromatic heterocycles. The normalized spacial score (nSPS) is 13.5. The Bertz CT molecular complexity index is 831. The number of carbonyl (C=O) groups is 1. The molecule has 7 nitrogen and oxygen atoms in total. The Morgan fingerprint density at radius 3 is 2.90 bits per heavy atom. The molecule has 0 spiro atoms. The van der Waals surface area contributed by atoms with Gasteiger partial charge in [0, 0.05) is 24.9 Å². The summed E-state index contributed by atoms with van der Waals surface area (Å²) in [4.78, 5) is 19.5. The van der Waals surface area contributed by atoms with Crippen molar-refractivity contribution in [3.63, 3.8) is 0 Å². The molecule has 7 heteroatoms. The first-order valence-electron chi connectivity index (χ1n) is 10.3. The van der Waals surface area contributed by atoms with Crippen LogP contribution >= 0.6 is 0 Å². The van der Waals surface area contributed by atoms with Crippen LogP contribution in [-0.2, 0) is 19.4 Å². The van der Waals surface area contributed by atoms with Crippen molar-refractivity contribution in [2.45, 2.75) is 46.1 Å². The van der Waals surface area contributed by atoms with Crippen LogP contribution in [0.2, 0.25) is 0 Å². The van der Waals surface area contributed by atoms with Crippen LogP contribution in [0, 0.1) is 5.92 Å². The number of aryl methyl sites for hydroxylation is 1. The van der Waals surface area contributed by atoms with E-state index in [9.17, 15) is 4.79 Å². The van der Waals surface area contributed by atoms with Crippen LogP contribution in [0.25, 0.3) is 0 Å². The van der Waals surface area contributed by atoms with Crippen molar-refractivity contribution in [1.29, 1.82) is 0 Å². The number of hydrogen-bond acceptors (Lipinski definition) is 6. The average Bonchev–Trinajstić information content (AvgIpc) is 3.14. The average molecular weight is 402 g/mol. The third kappa shape index (κ3) is 5.29. The zero-order valence-electron chi connectivity index (χ0n) is 17.6. The quantitative estimate of drug-likeness (QED) is 0.649. The molecule has 0 atom stereocenters. The van der Waals surface area contributed by atoms with Gasteiger partial charge in [0.1, 0.15) is 11.5 Å². The maximum absolute atomic E-state index is 13.1. The van der Waals surface area contributed by atoms with Gasteiger partial charge in [-0.3, -0.25) is 4.79 Å². The Morgan fingerprint density at radius 2 is 2.17 bits per heavy atom. The van der Waals surface area contributed by atoms with E-state index in [0.717, 1.165) is 36.6 Å². The molecule has 1 amide bonds. The van der Waals surface area contributed by atoms with Crippen molar-refractivity contribution in [3.8, 4) is 11.5 Å². The summed E-state index contributed by atoms with van der Waals surface area (Å²) in [6.45, 7) is 6.48. The molecule has 0 aliphatic carbocycles. The van der Waals surface area contributed by atoms with Crippen molar-refractivity contribution in [1.82, 2.24) is 9.88 Å². The van der Waals surface area contributed by atoms with Crippen molar-refractivity contribution >= 4 is 5.91 Å². The molecule has 1 aromatic carbocycles. The number of ether oxygens (including phenoxy) is 2. The SMILES string of the molecule is COc1ccc(C(=O)N2CCc3oc(CCC(C)C)nc3C2)cc1OCCCN. The Kier molecular flexibility index (Phi) is 7.14. The molecule has 2 aromatic rings. The minimum Gasteiger partial charge on any atom is -0.493 e. The van der Waals surface area contributed by atoms with Gasteiger partial charge in [0.2, 0.25) is 0 Å². The fraction of sp³-hybridized carbons (Fsp3) is 0.545. The zero-order valence-corrected chi connectivity index (χ0v) is 17.6. The molecule has 0 radical (unpaired) electrons. The molecular formula is C22H31N3O4. The van der Waals surface area contributed by atoms with E-state index < -0.39 is 0 Å². The lowest BCUT2D eigenvalue weighted by atomic mass is 10.1. The number of amides is 1. The summed E-state index contributed by atoms with van der Waals surface area (Å²) in [5.41, 5.74) is 6.97. The molecule has 1 aliphatic rings. The molecule has 1 aliphatic heterocycles. The van der Waals surface area contributed by atoms with Gasteiger partial charge >= 0.3 is 0 Å². The lowest BCUT2D eigenvalue weighted by molar-refractivity contribution is 0.0727. The highest BCUT2D eigenvalue weighted by molar-refractivity contribution is 5.95. The molecule has 2 heterocycles. The Balaban J connectivity index is 1.70. The van der Waals surface area contributed by atoms with Gasteiger partial charge in [-0.05, 0) is 43.5 Å². The van der Waals surface area contributed by atoms with Crippen LogP contribution in [0.1, 0.15) is 54.4 Å². The second kappa shape index (κ2) is 9.78. The van der Waals surface area contributed by atoms with Gasteiger partial charge in [0.15, 0.2) is 17.4 Å². The molecule has 0 bridgehead atoms. The number of oxazole rings is 1. The summed E-state index contributed by atoms with van der Waals surface area (Å²) in [5, 5.41) is 0. The fourth-order valence-corrected chi connectivity index (χ4v) is 3.32. The molecule has 0 unspecified atom stereocenters. The molecule has 2 N–H and O–H groups in total. The maximum Gasteiger partial charge on any atom is 0.254 e. The highest BCUT2D eigenvalue weighted by Gasteiger charge is 2.26. The number of fused-ring (bicyclic) bond motifs is 1. The van der Waals surface area contributed by atoms with Crippen LogP contribution < -0.4 is 15.2 Å². The fourth-order valence-electron chi connectivity index (χ4n) is 3.32. The van der Waals surface area contributed by atoms with E-state index in [0.29, 0.717) is 55.6 Å². The van der Waals surface area contributed by atoms with Crippen molar-refractivity contribution in [3.05, 3.63) is 41.1 Å². The molecule has 0 saturated carbocycles. The topological polar surface area (TPSA) is 90.8 Å². The number of nitrogens with zero attached hydrogens (tertiary/aromatic N) is 2. The van der Waals surface area contributed by atoms with E-state index in [1.54, 1.807) is 25.3 Å². The van der Waals surface area contributed by atoms with E-state index in [2.05, 4.69) is 18.8 Å². The summed E-state index contributed by atoms with van der Waals surface area (Å²) in [5.74, 6) is 3.40. The molecule has 158 valence electrons. The Morgan fingerprint density at radius 1 is 1.34 bits per heavy atom. The minimum absolute atomic E-state index is 0.0475. The van der Waals surface area contributed by atoms with E-state index in [4.69, 9.17) is 19.6 Å². The number of rotatable bonds is 9. The predicted molar refractivity (Wildman–Crippen MR) is 110 cm³/mol. The van der Waals surface area contributed by atoms with Gasteiger partial charge in [-0.2, -0.15) is 0 Å². The third-order valence-electron chi connectivity index (χ3n) is 5.01. The number of carbonyl (C=O) groups excluding carboxylic acids is 1. The summed E-state index contributed by atoms with van der Waals surface area (Å²) in [6, 6.07) is 5.27. The van der Waals surface area contributed by atoms with Crippen molar-refractivity contribution in [2.24, 2.45) is 11.7 Å². The van der Waals surface area contributed by atoms with Crippen LogP contribution in [0.3, 0.4) is 0 Å². The number of nitrogens with two attached hydrogens (primary N) is 1. The monoisotopic (exact) mass is 401 g/mol. The first-order valence-corrected chi connectivity index (χ1v) is 10.3.